The topological polar surface area (TPSA) is 74.4 Å². The van der Waals surface area contributed by atoms with Gasteiger partial charge in [-0.1, -0.05) is 30.3 Å². The Balaban J connectivity index is 1.76. The average molecular weight is 262 g/mol. The lowest BCUT2D eigenvalue weighted by atomic mass is 10.2. The highest BCUT2D eigenvalue weighted by molar-refractivity contribution is 5.74. The summed E-state index contributed by atoms with van der Waals surface area (Å²) in [5.74, 6) is 0.0297. The zero-order valence-corrected chi connectivity index (χ0v) is 11.3. The third-order valence-electron chi connectivity index (χ3n) is 3.51. The van der Waals surface area contributed by atoms with E-state index < -0.39 is 0 Å². The van der Waals surface area contributed by atoms with Crippen molar-refractivity contribution in [2.45, 2.75) is 25.2 Å². The molecule has 1 aliphatic heterocycles. The van der Waals surface area contributed by atoms with Crippen molar-refractivity contribution in [1.82, 2.24) is 10.2 Å². The normalized spacial score (nSPS) is 23.4. The van der Waals surface area contributed by atoms with Gasteiger partial charge >= 0.3 is 0 Å². The fourth-order valence-electron chi connectivity index (χ4n) is 2.40. The van der Waals surface area contributed by atoms with E-state index in [1.54, 1.807) is 0 Å². The summed E-state index contributed by atoms with van der Waals surface area (Å²) >= 11 is 0. The first kappa shape index (κ1) is 13.8. The van der Waals surface area contributed by atoms with Crippen molar-refractivity contribution in [3.8, 4) is 0 Å². The number of guanidine groups is 1. The molecule has 0 saturated carbocycles. The molecule has 1 heterocycles. The van der Waals surface area contributed by atoms with Crippen LogP contribution < -0.4 is 11.1 Å². The molecule has 0 amide bonds. The van der Waals surface area contributed by atoms with E-state index in [1.807, 2.05) is 18.2 Å². The molecule has 0 bridgehead atoms. The van der Waals surface area contributed by atoms with Gasteiger partial charge in [-0.3, -0.25) is 10.3 Å². The predicted molar refractivity (Wildman–Crippen MR) is 76.0 cm³/mol. The molecule has 0 spiro atoms. The lowest BCUT2D eigenvalue weighted by Crippen LogP contribution is -2.40. The van der Waals surface area contributed by atoms with E-state index in [0.717, 1.165) is 13.0 Å². The maximum atomic E-state index is 7.18. The quantitative estimate of drug-likeness (QED) is 0.541. The van der Waals surface area contributed by atoms with Crippen molar-refractivity contribution in [2.75, 3.05) is 20.1 Å². The van der Waals surface area contributed by atoms with Crippen LogP contribution in [0.3, 0.4) is 0 Å². The number of likely N-dealkylation sites (tertiary alicyclic amines) is 1. The average Bonchev–Trinajstić information content (AvgIpc) is 2.76. The summed E-state index contributed by atoms with van der Waals surface area (Å²) in [7, 11) is 2.08. The van der Waals surface area contributed by atoms with Gasteiger partial charge in [0.15, 0.2) is 5.96 Å². The Morgan fingerprint density at radius 3 is 2.89 bits per heavy atom. The molecular formula is C14H22N4O. The number of ether oxygens (including phenoxy) is 1. The van der Waals surface area contributed by atoms with Crippen molar-refractivity contribution in [2.24, 2.45) is 5.73 Å². The van der Waals surface area contributed by atoms with E-state index in [-0.39, 0.29) is 12.1 Å². The SMILES string of the molecule is CN1C[C@H](OCc2ccccc2)C[C@H]1CNC(=N)N. The molecule has 1 aromatic carbocycles. The zero-order chi connectivity index (χ0) is 13.7. The highest BCUT2D eigenvalue weighted by atomic mass is 16.5. The maximum Gasteiger partial charge on any atom is 0.185 e. The summed E-state index contributed by atoms with van der Waals surface area (Å²) in [4.78, 5) is 2.26. The van der Waals surface area contributed by atoms with Crippen LogP contribution in [-0.4, -0.2) is 43.1 Å². The Morgan fingerprint density at radius 1 is 1.47 bits per heavy atom. The second-order valence-electron chi connectivity index (χ2n) is 5.04. The molecule has 2 atom stereocenters. The van der Waals surface area contributed by atoms with Gasteiger partial charge in [0.05, 0.1) is 12.7 Å². The standard InChI is InChI=1S/C14H22N4O/c1-18-9-13(7-12(18)8-17-14(15)16)19-10-11-5-3-2-4-6-11/h2-6,12-13H,7-10H2,1H3,(H4,15,16,17)/t12-,13+/m0/s1. The summed E-state index contributed by atoms with van der Waals surface area (Å²) in [5, 5.41) is 10.1. The van der Waals surface area contributed by atoms with Crippen LogP contribution in [0, 0.1) is 5.41 Å². The molecule has 0 unspecified atom stereocenters. The van der Waals surface area contributed by atoms with Gasteiger partial charge in [0.25, 0.3) is 0 Å². The van der Waals surface area contributed by atoms with Gasteiger partial charge in [-0.25, -0.2) is 0 Å². The van der Waals surface area contributed by atoms with E-state index in [0.29, 0.717) is 19.2 Å². The highest BCUT2D eigenvalue weighted by Crippen LogP contribution is 2.19. The molecule has 1 fully saturated rings. The summed E-state index contributed by atoms with van der Waals surface area (Å²) in [6.07, 6.45) is 1.23. The van der Waals surface area contributed by atoms with Crippen LogP contribution in [0.4, 0.5) is 0 Å². The van der Waals surface area contributed by atoms with Gasteiger partial charge < -0.3 is 15.8 Å². The fourth-order valence-corrected chi connectivity index (χ4v) is 2.40. The molecule has 0 aliphatic carbocycles. The van der Waals surface area contributed by atoms with Gasteiger partial charge in [-0.2, -0.15) is 0 Å². The third kappa shape index (κ3) is 4.22. The van der Waals surface area contributed by atoms with E-state index in [2.05, 4.69) is 29.4 Å². The van der Waals surface area contributed by atoms with Crippen LogP contribution >= 0.6 is 0 Å². The number of likely N-dealkylation sites (N-methyl/N-ethyl adjacent to an activating group) is 1. The Hall–Kier alpha value is -1.59. The van der Waals surface area contributed by atoms with Crippen LogP contribution in [0.5, 0.6) is 0 Å². The Bertz CT molecular complexity index is 409. The van der Waals surface area contributed by atoms with Gasteiger partial charge in [0, 0.05) is 19.1 Å². The van der Waals surface area contributed by atoms with Crippen molar-refractivity contribution in [3.63, 3.8) is 0 Å². The smallest absolute Gasteiger partial charge is 0.185 e. The number of nitrogens with two attached hydrogens (primary N) is 1. The van der Waals surface area contributed by atoms with E-state index in [1.165, 1.54) is 5.56 Å². The third-order valence-corrected chi connectivity index (χ3v) is 3.51. The molecule has 5 heteroatoms. The Kier molecular flexibility index (Phi) is 4.76. The van der Waals surface area contributed by atoms with Crippen LogP contribution in [-0.2, 0) is 11.3 Å². The molecule has 104 valence electrons. The Morgan fingerprint density at radius 2 is 2.21 bits per heavy atom. The first-order valence-corrected chi connectivity index (χ1v) is 6.59. The minimum absolute atomic E-state index is 0.0297. The lowest BCUT2D eigenvalue weighted by molar-refractivity contribution is 0.0481. The summed E-state index contributed by atoms with van der Waals surface area (Å²) < 4.78 is 5.94. The molecule has 4 N–H and O–H groups in total. The molecule has 1 aliphatic rings. The largest absolute Gasteiger partial charge is 0.372 e. The van der Waals surface area contributed by atoms with Crippen molar-refractivity contribution < 1.29 is 4.74 Å². The summed E-state index contributed by atoms with van der Waals surface area (Å²) in [5.41, 5.74) is 6.51. The second kappa shape index (κ2) is 6.54. The number of rotatable bonds is 5. The van der Waals surface area contributed by atoms with Gasteiger partial charge in [0.1, 0.15) is 0 Å². The maximum absolute atomic E-state index is 7.18. The molecule has 5 nitrogen and oxygen atoms in total. The van der Waals surface area contributed by atoms with Crippen molar-refractivity contribution in [3.05, 3.63) is 35.9 Å². The van der Waals surface area contributed by atoms with Crippen LogP contribution in [0.15, 0.2) is 30.3 Å². The van der Waals surface area contributed by atoms with Gasteiger partial charge in [0.2, 0.25) is 0 Å². The zero-order valence-electron chi connectivity index (χ0n) is 11.3. The van der Waals surface area contributed by atoms with Crippen molar-refractivity contribution >= 4 is 5.96 Å². The van der Waals surface area contributed by atoms with E-state index in [9.17, 15) is 0 Å². The summed E-state index contributed by atoms with van der Waals surface area (Å²) in [6, 6.07) is 10.6. The van der Waals surface area contributed by atoms with E-state index >= 15 is 0 Å². The molecule has 2 rings (SSSR count). The first-order chi connectivity index (χ1) is 9.15. The molecule has 19 heavy (non-hydrogen) atoms. The van der Waals surface area contributed by atoms with Crippen LogP contribution in [0.2, 0.25) is 0 Å². The van der Waals surface area contributed by atoms with Crippen LogP contribution in [0.25, 0.3) is 0 Å². The molecule has 0 aromatic heterocycles. The summed E-state index contributed by atoms with van der Waals surface area (Å²) in [6.45, 7) is 2.29. The molecule has 0 radical (unpaired) electrons. The number of benzene rings is 1. The fraction of sp³-hybridized carbons (Fsp3) is 0.500. The minimum Gasteiger partial charge on any atom is -0.372 e. The molecule has 1 aromatic rings. The van der Waals surface area contributed by atoms with Crippen molar-refractivity contribution in [1.29, 1.82) is 5.41 Å². The number of hydrogen-bond acceptors (Lipinski definition) is 3. The second-order valence-corrected chi connectivity index (χ2v) is 5.04. The number of nitrogens with zero attached hydrogens (tertiary/aromatic N) is 1. The first-order valence-electron chi connectivity index (χ1n) is 6.59. The number of hydrogen-bond donors (Lipinski definition) is 3. The number of nitrogens with one attached hydrogen (secondary N) is 2. The van der Waals surface area contributed by atoms with E-state index in [4.69, 9.17) is 15.9 Å². The monoisotopic (exact) mass is 262 g/mol. The van der Waals surface area contributed by atoms with Crippen LogP contribution in [0.1, 0.15) is 12.0 Å². The highest BCUT2D eigenvalue weighted by Gasteiger charge is 2.29. The van der Waals surface area contributed by atoms with Gasteiger partial charge in [-0.05, 0) is 19.0 Å². The lowest BCUT2D eigenvalue weighted by Gasteiger charge is -2.18. The van der Waals surface area contributed by atoms with Gasteiger partial charge in [-0.15, -0.1) is 0 Å². The predicted octanol–water partition coefficient (Wildman–Crippen LogP) is 0.759. The Labute approximate surface area is 114 Å². The molecular weight excluding hydrogens is 240 g/mol. The minimum atomic E-state index is 0.0297. The molecule has 1 saturated heterocycles.